The molecule has 1 saturated carbocycles. The maximum atomic E-state index is 11.8. The highest BCUT2D eigenvalue weighted by Gasteiger charge is 2.51. The van der Waals surface area contributed by atoms with Crippen LogP contribution in [-0.2, 0) is 9.59 Å². The van der Waals surface area contributed by atoms with Crippen molar-refractivity contribution in [3.63, 3.8) is 0 Å². The number of rotatable bonds is 5. The summed E-state index contributed by atoms with van der Waals surface area (Å²) >= 11 is 0. The molecule has 0 aromatic rings. The lowest BCUT2D eigenvalue weighted by Gasteiger charge is -2.36. The third-order valence-electron chi connectivity index (χ3n) is 3.15. The molecule has 2 N–H and O–H groups in total. The lowest BCUT2D eigenvalue weighted by atomic mass is 9.68. The Hall–Kier alpha value is -1.06. The quantitative estimate of drug-likeness (QED) is 0.681. The number of nitrogens with one attached hydrogen (secondary N) is 1. The van der Waals surface area contributed by atoms with Gasteiger partial charge in [0.2, 0.25) is 5.91 Å². The highest BCUT2D eigenvalue weighted by molar-refractivity contribution is 6.02. The van der Waals surface area contributed by atoms with E-state index in [0.29, 0.717) is 12.8 Å². The van der Waals surface area contributed by atoms with Crippen LogP contribution in [-0.4, -0.2) is 23.0 Å². The van der Waals surface area contributed by atoms with E-state index in [0.717, 1.165) is 19.3 Å². The molecule has 0 aliphatic heterocycles. The van der Waals surface area contributed by atoms with E-state index >= 15 is 0 Å². The molecule has 4 heteroatoms. The third-order valence-corrected chi connectivity index (χ3v) is 3.15. The fraction of sp³-hybridized carbons (Fsp3) is 0.818. The van der Waals surface area contributed by atoms with Crippen LogP contribution in [0.15, 0.2) is 0 Å². The molecule has 4 nitrogen and oxygen atoms in total. The van der Waals surface area contributed by atoms with Crippen LogP contribution < -0.4 is 5.32 Å². The maximum Gasteiger partial charge on any atom is 0.319 e. The Morgan fingerprint density at radius 1 is 1.47 bits per heavy atom. The van der Waals surface area contributed by atoms with Crippen molar-refractivity contribution in [1.29, 1.82) is 0 Å². The summed E-state index contributed by atoms with van der Waals surface area (Å²) in [6, 6.07) is 0.0688. The summed E-state index contributed by atoms with van der Waals surface area (Å²) in [7, 11) is 0. The Balaban J connectivity index is 2.55. The Morgan fingerprint density at radius 2 is 2.07 bits per heavy atom. The predicted octanol–water partition coefficient (Wildman–Crippen LogP) is 1.55. The van der Waals surface area contributed by atoms with Crippen molar-refractivity contribution in [2.24, 2.45) is 5.41 Å². The Morgan fingerprint density at radius 3 is 2.40 bits per heavy atom. The van der Waals surface area contributed by atoms with Crippen molar-refractivity contribution in [2.45, 2.75) is 52.0 Å². The van der Waals surface area contributed by atoms with Crippen LogP contribution in [0.4, 0.5) is 0 Å². The van der Waals surface area contributed by atoms with E-state index in [1.54, 1.807) is 0 Å². The second-order valence-electron chi connectivity index (χ2n) is 4.40. The number of amides is 1. The SMILES string of the molecule is CCCC(C)NC(=O)C1(C(=O)O)CCC1. The van der Waals surface area contributed by atoms with Gasteiger partial charge >= 0.3 is 5.97 Å². The van der Waals surface area contributed by atoms with Crippen molar-refractivity contribution in [3.05, 3.63) is 0 Å². The molecule has 0 heterocycles. The Labute approximate surface area is 90.0 Å². The van der Waals surface area contributed by atoms with Crippen LogP contribution in [0.1, 0.15) is 46.0 Å². The smallest absolute Gasteiger partial charge is 0.319 e. The summed E-state index contributed by atoms with van der Waals surface area (Å²) in [5.41, 5.74) is -1.12. The second-order valence-corrected chi connectivity index (χ2v) is 4.40. The van der Waals surface area contributed by atoms with Crippen molar-refractivity contribution < 1.29 is 14.7 Å². The fourth-order valence-corrected chi connectivity index (χ4v) is 1.94. The molecular weight excluding hydrogens is 194 g/mol. The van der Waals surface area contributed by atoms with Gasteiger partial charge in [0.25, 0.3) is 0 Å². The first-order valence-corrected chi connectivity index (χ1v) is 5.57. The van der Waals surface area contributed by atoms with Gasteiger partial charge in [-0.1, -0.05) is 19.8 Å². The number of carbonyl (C=O) groups excluding carboxylic acids is 1. The molecule has 1 fully saturated rings. The average Bonchev–Trinajstić information content (AvgIpc) is 2.00. The lowest BCUT2D eigenvalue weighted by molar-refractivity contribution is -0.162. The Kier molecular flexibility index (Phi) is 3.72. The summed E-state index contributed by atoms with van der Waals surface area (Å²) in [6.45, 7) is 3.95. The van der Waals surface area contributed by atoms with E-state index in [2.05, 4.69) is 5.32 Å². The summed E-state index contributed by atoms with van der Waals surface area (Å²) < 4.78 is 0. The zero-order valence-corrected chi connectivity index (χ0v) is 9.38. The fourth-order valence-electron chi connectivity index (χ4n) is 1.94. The van der Waals surface area contributed by atoms with Gasteiger partial charge in [0.1, 0.15) is 5.41 Å². The number of carboxylic acid groups (broad SMARTS) is 1. The molecule has 0 aromatic carbocycles. The largest absolute Gasteiger partial charge is 0.480 e. The van der Waals surface area contributed by atoms with Crippen molar-refractivity contribution in [1.82, 2.24) is 5.32 Å². The standard InChI is InChI=1S/C11H19NO3/c1-3-5-8(2)12-9(13)11(10(14)15)6-4-7-11/h8H,3-7H2,1-2H3,(H,12,13)(H,14,15). The van der Waals surface area contributed by atoms with Crippen LogP contribution in [0, 0.1) is 5.41 Å². The van der Waals surface area contributed by atoms with Crippen molar-refractivity contribution in [3.8, 4) is 0 Å². The molecule has 1 unspecified atom stereocenters. The number of aliphatic carboxylic acids is 1. The predicted molar refractivity (Wildman–Crippen MR) is 56.4 cm³/mol. The van der Waals surface area contributed by atoms with Gasteiger partial charge in [-0.05, 0) is 26.2 Å². The van der Waals surface area contributed by atoms with E-state index in [4.69, 9.17) is 5.11 Å². The van der Waals surface area contributed by atoms with Gasteiger partial charge in [0, 0.05) is 6.04 Å². The first kappa shape index (κ1) is 12.0. The number of hydrogen-bond donors (Lipinski definition) is 2. The van der Waals surface area contributed by atoms with Crippen molar-refractivity contribution >= 4 is 11.9 Å². The summed E-state index contributed by atoms with van der Waals surface area (Å²) in [5.74, 6) is -1.28. The molecule has 15 heavy (non-hydrogen) atoms. The molecule has 1 rings (SSSR count). The first-order chi connectivity index (χ1) is 7.03. The van der Waals surface area contributed by atoms with E-state index in [9.17, 15) is 9.59 Å². The molecule has 0 bridgehead atoms. The minimum Gasteiger partial charge on any atom is -0.480 e. The van der Waals surface area contributed by atoms with Crippen LogP contribution in [0.25, 0.3) is 0 Å². The summed E-state index contributed by atoms with van der Waals surface area (Å²) in [4.78, 5) is 22.8. The minimum atomic E-state index is -1.12. The third kappa shape index (κ3) is 2.30. The van der Waals surface area contributed by atoms with Gasteiger partial charge in [0.05, 0.1) is 0 Å². The van der Waals surface area contributed by atoms with Crippen LogP contribution in [0.5, 0.6) is 0 Å². The minimum absolute atomic E-state index is 0.0688. The molecule has 0 saturated heterocycles. The molecule has 0 radical (unpaired) electrons. The monoisotopic (exact) mass is 213 g/mol. The van der Waals surface area contributed by atoms with Crippen molar-refractivity contribution in [2.75, 3.05) is 0 Å². The van der Waals surface area contributed by atoms with Crippen LogP contribution in [0.3, 0.4) is 0 Å². The van der Waals surface area contributed by atoms with Gasteiger partial charge < -0.3 is 10.4 Å². The molecule has 86 valence electrons. The lowest BCUT2D eigenvalue weighted by Crippen LogP contribution is -2.52. The highest BCUT2D eigenvalue weighted by Crippen LogP contribution is 2.41. The molecule has 1 atom stereocenters. The molecular formula is C11H19NO3. The van der Waals surface area contributed by atoms with E-state index in [1.165, 1.54) is 0 Å². The molecule has 1 aliphatic carbocycles. The zero-order valence-electron chi connectivity index (χ0n) is 9.38. The average molecular weight is 213 g/mol. The number of carboxylic acids is 1. The van der Waals surface area contributed by atoms with Gasteiger partial charge in [-0.2, -0.15) is 0 Å². The molecule has 0 aromatic heterocycles. The maximum absolute atomic E-state index is 11.8. The zero-order chi connectivity index (χ0) is 11.5. The van der Waals surface area contributed by atoms with Crippen LogP contribution >= 0.6 is 0 Å². The number of hydrogen-bond acceptors (Lipinski definition) is 2. The molecule has 1 amide bonds. The molecule has 0 spiro atoms. The van der Waals surface area contributed by atoms with Gasteiger partial charge in [0.15, 0.2) is 0 Å². The van der Waals surface area contributed by atoms with E-state index < -0.39 is 11.4 Å². The first-order valence-electron chi connectivity index (χ1n) is 5.57. The highest BCUT2D eigenvalue weighted by atomic mass is 16.4. The number of carbonyl (C=O) groups is 2. The molecule has 1 aliphatic rings. The normalized spacial score (nSPS) is 20.1. The summed E-state index contributed by atoms with van der Waals surface area (Å²) in [5, 5.41) is 11.8. The van der Waals surface area contributed by atoms with Gasteiger partial charge in [-0.25, -0.2) is 0 Å². The van der Waals surface area contributed by atoms with Gasteiger partial charge in [-0.15, -0.1) is 0 Å². The second kappa shape index (κ2) is 4.64. The topological polar surface area (TPSA) is 66.4 Å². The summed E-state index contributed by atoms with van der Waals surface area (Å²) in [6.07, 6.45) is 3.67. The van der Waals surface area contributed by atoms with Crippen LogP contribution in [0.2, 0.25) is 0 Å². The van der Waals surface area contributed by atoms with E-state index in [1.807, 2.05) is 13.8 Å². The van der Waals surface area contributed by atoms with E-state index in [-0.39, 0.29) is 11.9 Å². The Bertz CT molecular complexity index is 259. The van der Waals surface area contributed by atoms with Gasteiger partial charge in [-0.3, -0.25) is 9.59 Å².